The second-order valence-corrected chi connectivity index (χ2v) is 5.73. The minimum atomic E-state index is -4.02. The standard InChI is InChI=1S/C7H8O3S.C6H11N/c1-6-2-4-7(5-3-6)11(8,9)10;7-6-4-2-1-3-5-6/h2-5H,1H3,(H,8,9,10);2,4,6H,1,3,5,7H2. The molecule has 1 atom stereocenters. The summed E-state index contributed by atoms with van der Waals surface area (Å²) in [6.07, 6.45) is 7.93. The van der Waals surface area contributed by atoms with Crippen LogP contribution in [0.1, 0.15) is 24.8 Å². The third kappa shape index (κ3) is 5.44. The highest BCUT2D eigenvalue weighted by molar-refractivity contribution is 7.85. The maximum atomic E-state index is 10.5. The second-order valence-electron chi connectivity index (χ2n) is 4.31. The van der Waals surface area contributed by atoms with Gasteiger partial charge in [-0.05, 0) is 38.3 Å². The number of hydrogen-bond donors (Lipinski definition) is 2. The van der Waals surface area contributed by atoms with E-state index in [4.69, 9.17) is 10.3 Å². The van der Waals surface area contributed by atoms with Crippen LogP contribution < -0.4 is 5.73 Å². The summed E-state index contributed by atoms with van der Waals surface area (Å²) in [6.45, 7) is 1.84. The predicted molar refractivity (Wildman–Crippen MR) is 72.0 cm³/mol. The molecule has 0 saturated heterocycles. The van der Waals surface area contributed by atoms with E-state index in [2.05, 4.69) is 12.2 Å². The zero-order valence-electron chi connectivity index (χ0n) is 10.4. The van der Waals surface area contributed by atoms with Crippen LogP contribution in [0.2, 0.25) is 0 Å². The Morgan fingerprint density at radius 1 is 1.28 bits per heavy atom. The lowest BCUT2D eigenvalue weighted by atomic mass is 10.0. The van der Waals surface area contributed by atoms with Gasteiger partial charge in [0.2, 0.25) is 0 Å². The Morgan fingerprint density at radius 3 is 2.22 bits per heavy atom. The maximum absolute atomic E-state index is 10.5. The average molecular weight is 269 g/mol. The van der Waals surface area contributed by atoms with Crippen LogP contribution in [0.25, 0.3) is 0 Å². The summed E-state index contributed by atoms with van der Waals surface area (Å²) in [5.41, 5.74) is 6.50. The quantitative estimate of drug-likeness (QED) is 0.605. The summed E-state index contributed by atoms with van der Waals surface area (Å²) in [6, 6.07) is 6.34. The molecule has 2 rings (SSSR count). The van der Waals surface area contributed by atoms with Crippen LogP contribution in [0.4, 0.5) is 0 Å². The first kappa shape index (κ1) is 14.9. The monoisotopic (exact) mass is 269 g/mol. The van der Waals surface area contributed by atoms with Crippen molar-refractivity contribution in [2.75, 3.05) is 0 Å². The fraction of sp³-hybridized carbons (Fsp3) is 0.385. The molecule has 0 aliphatic heterocycles. The Hall–Kier alpha value is -1.17. The zero-order valence-corrected chi connectivity index (χ0v) is 11.2. The molecule has 4 nitrogen and oxygen atoms in total. The highest BCUT2D eigenvalue weighted by atomic mass is 32.2. The van der Waals surface area contributed by atoms with Gasteiger partial charge in [0.05, 0.1) is 4.90 Å². The van der Waals surface area contributed by atoms with Crippen molar-refractivity contribution in [3.8, 4) is 0 Å². The Balaban J connectivity index is 0.000000199. The van der Waals surface area contributed by atoms with Gasteiger partial charge in [0.25, 0.3) is 10.1 Å². The van der Waals surface area contributed by atoms with Crippen LogP contribution in [0.5, 0.6) is 0 Å². The van der Waals surface area contributed by atoms with Gasteiger partial charge >= 0.3 is 0 Å². The largest absolute Gasteiger partial charge is 0.324 e. The normalized spacial score (nSPS) is 18.9. The van der Waals surface area contributed by atoms with Crippen molar-refractivity contribution in [3.05, 3.63) is 42.0 Å². The molecule has 3 N–H and O–H groups in total. The zero-order chi connectivity index (χ0) is 13.6. The Morgan fingerprint density at radius 2 is 1.89 bits per heavy atom. The molecule has 1 aliphatic rings. The highest BCUT2D eigenvalue weighted by Gasteiger charge is 2.06. The van der Waals surface area contributed by atoms with Crippen LogP contribution >= 0.6 is 0 Å². The van der Waals surface area contributed by atoms with Crippen LogP contribution in [-0.4, -0.2) is 19.0 Å². The second kappa shape index (κ2) is 6.68. The molecule has 18 heavy (non-hydrogen) atoms. The molecule has 0 spiro atoms. The van der Waals surface area contributed by atoms with Gasteiger partial charge in [0.1, 0.15) is 0 Å². The van der Waals surface area contributed by atoms with Crippen molar-refractivity contribution in [2.24, 2.45) is 5.73 Å². The molecule has 0 radical (unpaired) electrons. The average Bonchev–Trinajstić information content (AvgIpc) is 2.30. The van der Waals surface area contributed by atoms with Crippen LogP contribution in [0.15, 0.2) is 41.3 Å². The molecule has 5 heteroatoms. The summed E-state index contributed by atoms with van der Waals surface area (Å²) in [4.78, 5) is -0.0666. The molecule has 1 unspecified atom stereocenters. The number of aryl methyl sites for hydroxylation is 1. The fourth-order valence-corrected chi connectivity index (χ4v) is 2.03. The van der Waals surface area contributed by atoms with Gasteiger partial charge in [-0.1, -0.05) is 29.8 Å². The molecular weight excluding hydrogens is 250 g/mol. The van der Waals surface area contributed by atoms with Gasteiger partial charge in [-0.2, -0.15) is 8.42 Å². The first-order valence-corrected chi connectivity index (χ1v) is 7.30. The van der Waals surface area contributed by atoms with Crippen molar-refractivity contribution < 1.29 is 13.0 Å². The number of nitrogens with two attached hydrogens (primary N) is 1. The summed E-state index contributed by atoms with van der Waals surface area (Å²) < 4.78 is 29.6. The number of benzene rings is 1. The molecule has 0 fully saturated rings. The maximum Gasteiger partial charge on any atom is 0.294 e. The SMILES string of the molecule is Cc1ccc(S(=O)(=O)O)cc1.NC1C=CCCC1. The Bertz CT molecular complexity index is 491. The van der Waals surface area contributed by atoms with Gasteiger partial charge in [-0.15, -0.1) is 0 Å². The van der Waals surface area contributed by atoms with E-state index < -0.39 is 10.1 Å². The molecular formula is C13H19NO3S. The van der Waals surface area contributed by atoms with Crippen LogP contribution in [-0.2, 0) is 10.1 Å². The van der Waals surface area contributed by atoms with Crippen LogP contribution in [0.3, 0.4) is 0 Å². The fourth-order valence-electron chi connectivity index (χ4n) is 1.55. The minimum absolute atomic E-state index is 0.0666. The highest BCUT2D eigenvalue weighted by Crippen LogP contribution is 2.08. The van der Waals surface area contributed by atoms with E-state index in [1.54, 1.807) is 12.1 Å². The van der Waals surface area contributed by atoms with Gasteiger partial charge in [0, 0.05) is 6.04 Å². The van der Waals surface area contributed by atoms with Gasteiger partial charge in [0.15, 0.2) is 0 Å². The number of allylic oxidation sites excluding steroid dienone is 1. The molecule has 100 valence electrons. The van der Waals surface area contributed by atoms with E-state index in [0.717, 1.165) is 5.56 Å². The topological polar surface area (TPSA) is 80.4 Å². The lowest BCUT2D eigenvalue weighted by molar-refractivity contribution is 0.483. The minimum Gasteiger partial charge on any atom is -0.324 e. The predicted octanol–water partition coefficient (Wildman–Crippen LogP) is 2.30. The molecule has 0 heterocycles. The third-order valence-electron chi connectivity index (χ3n) is 2.61. The summed E-state index contributed by atoms with van der Waals surface area (Å²) in [5, 5.41) is 0. The molecule has 1 aliphatic carbocycles. The Kier molecular flexibility index (Phi) is 5.53. The summed E-state index contributed by atoms with van der Waals surface area (Å²) >= 11 is 0. The summed E-state index contributed by atoms with van der Waals surface area (Å²) in [7, 11) is -4.02. The molecule has 0 bridgehead atoms. The van der Waals surface area contributed by atoms with E-state index in [9.17, 15) is 8.42 Å². The van der Waals surface area contributed by atoms with E-state index >= 15 is 0 Å². The lowest BCUT2D eigenvalue weighted by Gasteiger charge is -2.08. The lowest BCUT2D eigenvalue weighted by Crippen LogP contribution is -2.17. The van der Waals surface area contributed by atoms with Crippen molar-refractivity contribution in [3.63, 3.8) is 0 Å². The van der Waals surface area contributed by atoms with E-state index in [0.29, 0.717) is 6.04 Å². The van der Waals surface area contributed by atoms with Gasteiger partial charge in [-0.3, -0.25) is 4.55 Å². The number of rotatable bonds is 1. The molecule has 1 aromatic carbocycles. The molecule has 1 aromatic rings. The van der Waals surface area contributed by atoms with E-state index in [1.165, 1.54) is 31.4 Å². The summed E-state index contributed by atoms with van der Waals surface area (Å²) in [5.74, 6) is 0. The Labute approximate surface area is 108 Å². The molecule has 0 saturated carbocycles. The smallest absolute Gasteiger partial charge is 0.294 e. The first-order chi connectivity index (χ1) is 8.39. The van der Waals surface area contributed by atoms with Crippen molar-refractivity contribution >= 4 is 10.1 Å². The van der Waals surface area contributed by atoms with Gasteiger partial charge < -0.3 is 5.73 Å². The van der Waals surface area contributed by atoms with E-state index in [-0.39, 0.29) is 4.90 Å². The van der Waals surface area contributed by atoms with Gasteiger partial charge in [-0.25, -0.2) is 0 Å². The van der Waals surface area contributed by atoms with Crippen molar-refractivity contribution in [1.29, 1.82) is 0 Å². The van der Waals surface area contributed by atoms with E-state index in [1.807, 2.05) is 6.92 Å². The number of hydrogen-bond acceptors (Lipinski definition) is 3. The molecule has 0 amide bonds. The van der Waals surface area contributed by atoms with Crippen molar-refractivity contribution in [2.45, 2.75) is 37.1 Å². The van der Waals surface area contributed by atoms with Crippen molar-refractivity contribution in [1.82, 2.24) is 0 Å². The third-order valence-corrected chi connectivity index (χ3v) is 3.48. The van der Waals surface area contributed by atoms with Crippen LogP contribution in [0, 0.1) is 6.92 Å². The first-order valence-electron chi connectivity index (χ1n) is 5.86. The molecule has 0 aromatic heterocycles.